The summed E-state index contributed by atoms with van der Waals surface area (Å²) in [5.41, 5.74) is -0.269. The first kappa shape index (κ1) is 19.0. The molecule has 144 valence electrons. The van der Waals surface area contributed by atoms with Gasteiger partial charge in [0.1, 0.15) is 17.1 Å². The SMILES string of the molecule is C[C@H](OC(=O)c1cc(O)c2ccccc2c1O)C(=O)N[C@H]1CCS(=O)(=O)C1. The summed E-state index contributed by atoms with van der Waals surface area (Å²) in [7, 11) is -3.15. The summed E-state index contributed by atoms with van der Waals surface area (Å²) >= 11 is 0. The van der Waals surface area contributed by atoms with Gasteiger partial charge >= 0.3 is 5.97 Å². The number of hydrogen-bond acceptors (Lipinski definition) is 7. The largest absolute Gasteiger partial charge is 0.507 e. The minimum absolute atomic E-state index is 0.0103. The quantitative estimate of drug-likeness (QED) is 0.524. The Labute approximate surface area is 155 Å². The van der Waals surface area contributed by atoms with Crippen LogP contribution in [0.1, 0.15) is 23.7 Å². The molecular formula is C18H19NO7S. The van der Waals surface area contributed by atoms with Gasteiger partial charge < -0.3 is 20.3 Å². The van der Waals surface area contributed by atoms with Crippen LogP contribution in [0.4, 0.5) is 0 Å². The first-order chi connectivity index (χ1) is 12.7. The summed E-state index contributed by atoms with van der Waals surface area (Å²) in [5, 5.41) is 23.5. The van der Waals surface area contributed by atoms with Crippen LogP contribution in [0, 0.1) is 0 Å². The zero-order valence-corrected chi connectivity index (χ0v) is 15.3. The number of carbonyl (C=O) groups excluding carboxylic acids is 2. The lowest BCUT2D eigenvalue weighted by molar-refractivity contribution is -0.129. The molecule has 0 aromatic heterocycles. The molecule has 2 atom stereocenters. The van der Waals surface area contributed by atoms with Crippen molar-refractivity contribution in [2.45, 2.75) is 25.5 Å². The summed E-state index contributed by atoms with van der Waals surface area (Å²) < 4.78 is 28.0. The maximum Gasteiger partial charge on any atom is 0.342 e. The molecule has 1 aliphatic rings. The number of hydrogen-bond donors (Lipinski definition) is 3. The monoisotopic (exact) mass is 393 g/mol. The van der Waals surface area contributed by atoms with Crippen molar-refractivity contribution >= 4 is 32.5 Å². The number of phenolic OH excluding ortho intramolecular Hbond substituents is 2. The van der Waals surface area contributed by atoms with Gasteiger partial charge in [0.15, 0.2) is 15.9 Å². The summed E-state index contributed by atoms with van der Waals surface area (Å²) in [5.74, 6) is -2.30. The first-order valence-electron chi connectivity index (χ1n) is 8.33. The van der Waals surface area contributed by atoms with E-state index in [1.165, 1.54) is 13.0 Å². The van der Waals surface area contributed by atoms with E-state index in [4.69, 9.17) is 4.74 Å². The number of esters is 1. The van der Waals surface area contributed by atoms with Crippen molar-refractivity contribution in [1.29, 1.82) is 0 Å². The number of ether oxygens (including phenoxy) is 1. The van der Waals surface area contributed by atoms with Gasteiger partial charge in [-0.05, 0) is 19.4 Å². The number of fused-ring (bicyclic) bond motifs is 1. The first-order valence-corrected chi connectivity index (χ1v) is 10.2. The molecule has 1 fully saturated rings. The molecule has 1 amide bonds. The molecule has 1 aliphatic heterocycles. The molecule has 9 heteroatoms. The lowest BCUT2D eigenvalue weighted by atomic mass is 10.0. The molecule has 0 unspecified atom stereocenters. The van der Waals surface area contributed by atoms with Crippen molar-refractivity contribution in [3.8, 4) is 11.5 Å². The highest BCUT2D eigenvalue weighted by Crippen LogP contribution is 2.35. The fourth-order valence-electron chi connectivity index (χ4n) is 3.00. The number of amides is 1. The van der Waals surface area contributed by atoms with Gasteiger partial charge in [0.25, 0.3) is 5.91 Å². The Morgan fingerprint density at radius 3 is 2.52 bits per heavy atom. The van der Waals surface area contributed by atoms with E-state index < -0.39 is 33.9 Å². The molecule has 3 rings (SSSR count). The molecule has 0 saturated carbocycles. The molecule has 1 saturated heterocycles. The molecule has 8 nitrogen and oxygen atoms in total. The summed E-state index contributed by atoms with van der Waals surface area (Å²) in [6.45, 7) is 1.34. The maximum absolute atomic E-state index is 12.3. The van der Waals surface area contributed by atoms with Crippen LogP contribution in [0.25, 0.3) is 10.8 Å². The van der Waals surface area contributed by atoms with Crippen molar-refractivity contribution < 1.29 is 33.0 Å². The van der Waals surface area contributed by atoms with Gasteiger partial charge in [0.05, 0.1) is 11.5 Å². The minimum atomic E-state index is -3.15. The second-order valence-electron chi connectivity index (χ2n) is 6.49. The predicted octanol–water partition coefficient (Wildman–Crippen LogP) is 1.10. The summed E-state index contributed by atoms with van der Waals surface area (Å²) in [4.78, 5) is 24.5. The molecule has 0 bridgehead atoms. The Hall–Kier alpha value is -2.81. The van der Waals surface area contributed by atoms with Crippen molar-refractivity contribution in [3.63, 3.8) is 0 Å². The lowest BCUT2D eigenvalue weighted by Gasteiger charge is -2.17. The van der Waals surface area contributed by atoms with Gasteiger partial charge in [-0.3, -0.25) is 4.79 Å². The normalized spacial score (nSPS) is 19.5. The minimum Gasteiger partial charge on any atom is -0.507 e. The summed E-state index contributed by atoms with van der Waals surface area (Å²) in [6.07, 6.45) is -0.887. The Morgan fingerprint density at radius 2 is 1.89 bits per heavy atom. The van der Waals surface area contributed by atoms with Gasteiger partial charge in [0.2, 0.25) is 0 Å². The molecule has 2 aromatic carbocycles. The smallest absolute Gasteiger partial charge is 0.342 e. The number of phenols is 2. The van der Waals surface area contributed by atoms with Crippen LogP contribution in [0.3, 0.4) is 0 Å². The number of sulfone groups is 1. The summed E-state index contributed by atoms with van der Waals surface area (Å²) in [6, 6.07) is 7.01. The molecule has 2 aromatic rings. The molecule has 1 heterocycles. The van der Waals surface area contributed by atoms with E-state index in [0.717, 1.165) is 6.07 Å². The zero-order valence-electron chi connectivity index (χ0n) is 14.5. The molecule has 27 heavy (non-hydrogen) atoms. The van der Waals surface area contributed by atoms with E-state index in [-0.39, 0.29) is 34.0 Å². The highest BCUT2D eigenvalue weighted by atomic mass is 32.2. The van der Waals surface area contributed by atoms with Crippen LogP contribution < -0.4 is 5.32 Å². The van der Waals surface area contributed by atoms with Gasteiger partial charge in [-0.25, -0.2) is 13.2 Å². The zero-order chi connectivity index (χ0) is 19.8. The number of aromatic hydroxyl groups is 2. The Balaban J connectivity index is 1.72. The number of rotatable bonds is 4. The van der Waals surface area contributed by atoms with Crippen LogP contribution in [-0.4, -0.2) is 54.2 Å². The third kappa shape index (κ3) is 3.97. The fourth-order valence-corrected chi connectivity index (χ4v) is 4.67. The standard InChI is InChI=1S/C18H19NO7S/c1-10(17(22)19-11-6-7-27(24,25)9-11)26-18(23)14-8-15(20)12-4-2-3-5-13(12)16(14)21/h2-5,8,10-11,20-21H,6-7,9H2,1H3,(H,19,22)/t10-,11-/m0/s1. The number of nitrogens with one attached hydrogen (secondary N) is 1. The maximum atomic E-state index is 12.3. The Morgan fingerprint density at radius 1 is 1.22 bits per heavy atom. The third-order valence-corrected chi connectivity index (χ3v) is 6.21. The van der Waals surface area contributed by atoms with Crippen LogP contribution in [0.2, 0.25) is 0 Å². The number of carbonyl (C=O) groups is 2. The van der Waals surface area contributed by atoms with E-state index in [1.54, 1.807) is 18.2 Å². The molecule has 0 radical (unpaired) electrons. The van der Waals surface area contributed by atoms with E-state index in [9.17, 15) is 28.2 Å². The number of benzene rings is 2. The lowest BCUT2D eigenvalue weighted by Crippen LogP contribution is -2.42. The van der Waals surface area contributed by atoms with E-state index >= 15 is 0 Å². The van der Waals surface area contributed by atoms with Gasteiger partial charge in [-0.15, -0.1) is 0 Å². The van der Waals surface area contributed by atoms with E-state index in [0.29, 0.717) is 11.8 Å². The van der Waals surface area contributed by atoms with E-state index in [2.05, 4.69) is 5.32 Å². The second kappa shape index (κ2) is 7.07. The molecule has 0 spiro atoms. The van der Waals surface area contributed by atoms with Gasteiger partial charge in [-0.1, -0.05) is 24.3 Å². The van der Waals surface area contributed by atoms with Crippen molar-refractivity contribution in [1.82, 2.24) is 5.32 Å². The van der Waals surface area contributed by atoms with Crippen LogP contribution >= 0.6 is 0 Å². The Kier molecular flexibility index (Phi) is 4.97. The second-order valence-corrected chi connectivity index (χ2v) is 8.72. The van der Waals surface area contributed by atoms with Crippen molar-refractivity contribution in [2.75, 3.05) is 11.5 Å². The highest BCUT2D eigenvalue weighted by Gasteiger charge is 2.31. The molecule has 3 N–H and O–H groups in total. The van der Waals surface area contributed by atoms with Crippen molar-refractivity contribution in [3.05, 3.63) is 35.9 Å². The van der Waals surface area contributed by atoms with Crippen molar-refractivity contribution in [2.24, 2.45) is 0 Å². The van der Waals surface area contributed by atoms with Crippen LogP contribution in [-0.2, 0) is 19.4 Å². The third-order valence-electron chi connectivity index (χ3n) is 4.45. The van der Waals surface area contributed by atoms with Gasteiger partial charge in [-0.2, -0.15) is 0 Å². The van der Waals surface area contributed by atoms with Gasteiger partial charge in [0, 0.05) is 16.8 Å². The Bertz CT molecular complexity index is 1020. The van der Waals surface area contributed by atoms with Crippen LogP contribution in [0.15, 0.2) is 30.3 Å². The predicted molar refractivity (Wildman–Crippen MR) is 97.4 cm³/mol. The topological polar surface area (TPSA) is 130 Å². The average Bonchev–Trinajstić information content (AvgIpc) is 2.96. The highest BCUT2D eigenvalue weighted by molar-refractivity contribution is 7.91. The van der Waals surface area contributed by atoms with E-state index in [1.807, 2.05) is 0 Å². The average molecular weight is 393 g/mol. The van der Waals surface area contributed by atoms with Crippen LogP contribution in [0.5, 0.6) is 11.5 Å². The molecular weight excluding hydrogens is 374 g/mol. The fraction of sp³-hybridized carbons (Fsp3) is 0.333. The molecule has 0 aliphatic carbocycles.